The number of aldehydes is 1. The van der Waals surface area contributed by atoms with Crippen molar-refractivity contribution in [2.45, 2.75) is 45.9 Å². The van der Waals surface area contributed by atoms with Gasteiger partial charge in [-0.25, -0.2) is 4.39 Å². The number of hydrogen-bond donors (Lipinski definition) is 1. The fraction of sp³-hybridized carbons (Fsp3) is 0.300. The van der Waals surface area contributed by atoms with Crippen LogP contribution in [-0.2, 0) is 20.9 Å². The third-order valence-electron chi connectivity index (χ3n) is 6.19. The van der Waals surface area contributed by atoms with Gasteiger partial charge in [0, 0.05) is 40.5 Å². The van der Waals surface area contributed by atoms with Crippen molar-refractivity contribution in [3.63, 3.8) is 0 Å². The summed E-state index contributed by atoms with van der Waals surface area (Å²) in [6, 6.07) is 18.3. The number of fused-ring (bicyclic) bond motifs is 1. The lowest BCUT2D eigenvalue weighted by molar-refractivity contribution is -0.138. The number of amides is 2. The van der Waals surface area contributed by atoms with E-state index in [-0.39, 0.29) is 24.3 Å². The third-order valence-corrected chi connectivity index (χ3v) is 6.43. The molecule has 2 unspecified atom stereocenters. The molecule has 1 aliphatic heterocycles. The highest BCUT2D eigenvalue weighted by molar-refractivity contribution is 6.30. The fourth-order valence-corrected chi connectivity index (χ4v) is 4.65. The lowest BCUT2D eigenvalue weighted by Crippen LogP contribution is -2.45. The van der Waals surface area contributed by atoms with Crippen molar-refractivity contribution >= 4 is 35.4 Å². The van der Waals surface area contributed by atoms with Gasteiger partial charge < -0.3 is 15.0 Å². The van der Waals surface area contributed by atoms with Crippen LogP contribution >= 0.6 is 11.6 Å². The van der Waals surface area contributed by atoms with E-state index < -0.39 is 23.9 Å². The topological polar surface area (TPSA) is 75.7 Å². The zero-order valence-corrected chi connectivity index (χ0v) is 22.3. The lowest BCUT2D eigenvalue weighted by Gasteiger charge is -2.31. The second-order valence-corrected chi connectivity index (χ2v) is 11.0. The van der Waals surface area contributed by atoms with E-state index in [9.17, 15) is 18.8 Å². The number of nitrogens with zero attached hydrogens (tertiary/aromatic N) is 1. The van der Waals surface area contributed by atoms with Crippen LogP contribution in [0.1, 0.15) is 60.3 Å². The summed E-state index contributed by atoms with van der Waals surface area (Å²) in [7, 11) is 0. The molecule has 3 aromatic rings. The van der Waals surface area contributed by atoms with Crippen molar-refractivity contribution in [1.82, 2.24) is 5.32 Å². The number of hydrogen-bond acceptors (Lipinski definition) is 4. The molecule has 198 valence electrons. The minimum absolute atomic E-state index is 0.0151. The summed E-state index contributed by atoms with van der Waals surface area (Å²) in [6.07, 6.45) is -1.42. The molecule has 0 saturated heterocycles. The molecule has 1 N–H and O–H groups in total. The summed E-state index contributed by atoms with van der Waals surface area (Å²) >= 11 is 6.38. The fourth-order valence-electron chi connectivity index (χ4n) is 4.47. The maximum Gasteiger partial charge on any atom is 0.256 e. The van der Waals surface area contributed by atoms with E-state index in [2.05, 4.69) is 5.32 Å². The molecule has 1 aliphatic rings. The summed E-state index contributed by atoms with van der Waals surface area (Å²) in [6.45, 7) is 6.41. The molecule has 1 heterocycles. The van der Waals surface area contributed by atoms with E-state index >= 15 is 0 Å². The molecule has 3 aromatic carbocycles. The van der Waals surface area contributed by atoms with Crippen molar-refractivity contribution < 1.29 is 23.5 Å². The molecule has 6 nitrogen and oxygen atoms in total. The van der Waals surface area contributed by atoms with Crippen molar-refractivity contribution in [3.05, 3.63) is 99.8 Å². The number of ether oxygens (including phenoxy) is 1. The van der Waals surface area contributed by atoms with E-state index in [0.717, 1.165) is 6.29 Å². The second-order valence-electron chi connectivity index (χ2n) is 10.6. The first-order valence-corrected chi connectivity index (χ1v) is 12.7. The summed E-state index contributed by atoms with van der Waals surface area (Å²) in [4.78, 5) is 40.0. The summed E-state index contributed by atoms with van der Waals surface area (Å²) in [5, 5.41) is 3.16. The zero-order valence-electron chi connectivity index (χ0n) is 21.5. The Kier molecular flexibility index (Phi) is 8.29. The van der Waals surface area contributed by atoms with Crippen LogP contribution in [0.5, 0.6) is 0 Å². The lowest BCUT2D eigenvalue weighted by atomic mass is 9.94. The monoisotopic (exact) mass is 536 g/mol. The van der Waals surface area contributed by atoms with Crippen LogP contribution in [0.15, 0.2) is 66.7 Å². The first-order valence-electron chi connectivity index (χ1n) is 12.4. The number of nitrogens with one attached hydrogen (secondary N) is 1. The van der Waals surface area contributed by atoms with Crippen molar-refractivity contribution in [3.8, 4) is 0 Å². The maximum absolute atomic E-state index is 14.0. The highest BCUT2D eigenvalue weighted by Crippen LogP contribution is 2.41. The average molecular weight is 537 g/mol. The predicted molar refractivity (Wildman–Crippen MR) is 145 cm³/mol. The molecule has 8 heteroatoms. The molecular weight excluding hydrogens is 507 g/mol. The van der Waals surface area contributed by atoms with Gasteiger partial charge in [-0.1, -0.05) is 68.8 Å². The molecule has 0 bridgehead atoms. The van der Waals surface area contributed by atoms with Gasteiger partial charge in [-0.3, -0.25) is 14.4 Å². The molecule has 0 aliphatic carbocycles. The van der Waals surface area contributed by atoms with E-state index in [0.29, 0.717) is 39.5 Å². The summed E-state index contributed by atoms with van der Waals surface area (Å²) in [5.41, 5.74) is 2.48. The number of rotatable bonds is 7. The Morgan fingerprint density at radius 3 is 2.58 bits per heavy atom. The van der Waals surface area contributed by atoms with Gasteiger partial charge in [0.2, 0.25) is 5.91 Å². The van der Waals surface area contributed by atoms with Crippen LogP contribution in [-0.4, -0.2) is 30.7 Å². The van der Waals surface area contributed by atoms with Gasteiger partial charge in [-0.05, 0) is 41.3 Å². The second kappa shape index (κ2) is 11.5. The Bertz CT molecular complexity index is 1350. The van der Waals surface area contributed by atoms with Gasteiger partial charge in [0.25, 0.3) is 5.91 Å². The van der Waals surface area contributed by atoms with E-state index in [1.807, 2.05) is 26.8 Å². The molecule has 2 amide bonds. The Morgan fingerprint density at radius 1 is 1.11 bits per heavy atom. The Morgan fingerprint density at radius 2 is 1.87 bits per heavy atom. The zero-order chi connectivity index (χ0) is 27.4. The van der Waals surface area contributed by atoms with Gasteiger partial charge in [-0.15, -0.1) is 0 Å². The predicted octanol–water partition coefficient (Wildman–Crippen LogP) is 5.87. The molecule has 2 atom stereocenters. The van der Waals surface area contributed by atoms with Gasteiger partial charge in [0.1, 0.15) is 24.3 Å². The maximum atomic E-state index is 14.0. The molecular formula is C30H30ClFN2O4. The van der Waals surface area contributed by atoms with Crippen LogP contribution in [0.2, 0.25) is 5.02 Å². The Hall–Kier alpha value is -3.55. The number of carbonyl (C=O) groups is 3. The highest BCUT2D eigenvalue weighted by atomic mass is 35.5. The minimum Gasteiger partial charge on any atom is -0.355 e. The quantitative estimate of drug-likeness (QED) is 0.383. The molecule has 0 fully saturated rings. The Labute approximate surface area is 226 Å². The summed E-state index contributed by atoms with van der Waals surface area (Å²) in [5.74, 6) is -1.24. The first-order chi connectivity index (χ1) is 18.1. The van der Waals surface area contributed by atoms with E-state index in [4.69, 9.17) is 16.3 Å². The van der Waals surface area contributed by atoms with Gasteiger partial charge in [0.05, 0.1) is 6.42 Å². The van der Waals surface area contributed by atoms with Crippen LogP contribution in [0, 0.1) is 11.2 Å². The normalized spacial score (nSPS) is 17.5. The van der Waals surface area contributed by atoms with E-state index in [1.54, 1.807) is 59.5 Å². The molecule has 0 saturated carbocycles. The minimum atomic E-state index is -1.13. The van der Waals surface area contributed by atoms with Gasteiger partial charge in [0.15, 0.2) is 0 Å². The number of benzene rings is 3. The van der Waals surface area contributed by atoms with Crippen molar-refractivity contribution in [1.29, 1.82) is 0 Å². The number of anilines is 1. The van der Waals surface area contributed by atoms with Gasteiger partial charge >= 0.3 is 0 Å². The SMILES string of the molecule is CC(C)(C)CN1C(=O)C(CC(=O)NCc2ccccc2F)OC(c2cccc(C=O)c2)c2cc(Cl)ccc21. The van der Waals surface area contributed by atoms with Crippen LogP contribution < -0.4 is 10.2 Å². The smallest absolute Gasteiger partial charge is 0.256 e. The number of carbonyl (C=O) groups excluding carboxylic acids is 3. The largest absolute Gasteiger partial charge is 0.355 e. The summed E-state index contributed by atoms with van der Waals surface area (Å²) < 4.78 is 20.4. The molecule has 4 rings (SSSR count). The standard InChI is InChI=1S/C30H30ClFN2O4/c1-30(2,3)18-34-25-12-11-22(31)14-23(25)28(20-9-6-7-19(13-20)17-35)38-26(29(34)37)15-27(36)33-16-21-8-4-5-10-24(21)32/h4-14,17,26,28H,15-16,18H2,1-3H3,(H,33,36). The first kappa shape index (κ1) is 27.5. The molecule has 0 radical (unpaired) electrons. The average Bonchev–Trinajstić information content (AvgIpc) is 2.98. The Balaban J connectivity index is 1.71. The van der Waals surface area contributed by atoms with Crippen LogP contribution in [0.25, 0.3) is 0 Å². The molecule has 0 spiro atoms. The van der Waals surface area contributed by atoms with Crippen molar-refractivity contribution in [2.24, 2.45) is 5.41 Å². The van der Waals surface area contributed by atoms with Crippen LogP contribution in [0.3, 0.4) is 0 Å². The van der Waals surface area contributed by atoms with Crippen LogP contribution in [0.4, 0.5) is 10.1 Å². The molecule has 0 aromatic heterocycles. The third kappa shape index (κ3) is 6.47. The van der Waals surface area contributed by atoms with E-state index in [1.165, 1.54) is 6.07 Å². The number of halogens is 2. The molecule has 38 heavy (non-hydrogen) atoms. The van der Waals surface area contributed by atoms with Crippen molar-refractivity contribution in [2.75, 3.05) is 11.4 Å². The highest BCUT2D eigenvalue weighted by Gasteiger charge is 2.39. The van der Waals surface area contributed by atoms with Gasteiger partial charge in [-0.2, -0.15) is 0 Å².